The lowest BCUT2D eigenvalue weighted by Gasteiger charge is -2.39. The second kappa shape index (κ2) is 9.10. The molecule has 1 aromatic carbocycles. The molecule has 0 radical (unpaired) electrons. The Morgan fingerprint density at radius 2 is 1.85 bits per heavy atom. The smallest absolute Gasteiger partial charge is 0.284 e. The van der Waals surface area contributed by atoms with Gasteiger partial charge in [-0.05, 0) is 5.56 Å². The van der Waals surface area contributed by atoms with Crippen molar-refractivity contribution in [1.82, 2.24) is 0 Å². The highest BCUT2D eigenvalue weighted by Crippen LogP contribution is 2.30. The van der Waals surface area contributed by atoms with Crippen molar-refractivity contribution in [2.24, 2.45) is 5.16 Å². The van der Waals surface area contributed by atoms with E-state index in [1.807, 2.05) is 0 Å². The van der Waals surface area contributed by atoms with Crippen molar-refractivity contribution in [3.05, 3.63) is 35.9 Å². The monoisotopic (exact) mass is 408 g/mol. The molecule has 1 fully saturated rings. The summed E-state index contributed by atoms with van der Waals surface area (Å²) in [6, 6.07) is 8.67. The number of hydrogen-bond donors (Lipinski definition) is 4. The molecule has 0 saturated carbocycles. The van der Waals surface area contributed by atoms with E-state index in [4.69, 9.17) is 4.74 Å². The standard InChI is InChI=1S/C14H19NO9S2/c16-7-9-11(17)12(18)13(19)14(23-9)25-10(15-24-26(20,21)22)6-8-4-2-1-3-5-8/h1-5,9,11-14,16-19H,6-7H2,(H,20,21,22)/p-1. The van der Waals surface area contributed by atoms with Crippen LogP contribution in [0.2, 0.25) is 0 Å². The predicted molar refractivity (Wildman–Crippen MR) is 89.7 cm³/mol. The van der Waals surface area contributed by atoms with Crippen LogP contribution >= 0.6 is 11.8 Å². The highest BCUT2D eigenvalue weighted by atomic mass is 32.3. The Kier molecular flexibility index (Phi) is 7.37. The number of aliphatic hydroxyl groups excluding tert-OH is 4. The number of thioether (sulfide) groups is 1. The molecule has 12 heteroatoms. The molecule has 1 heterocycles. The molecule has 0 spiro atoms. The van der Waals surface area contributed by atoms with E-state index in [1.165, 1.54) is 0 Å². The van der Waals surface area contributed by atoms with Gasteiger partial charge in [-0.15, -0.1) is 0 Å². The number of oxime groups is 1. The minimum Gasteiger partial charge on any atom is -0.714 e. The van der Waals surface area contributed by atoms with Gasteiger partial charge in [0.25, 0.3) is 10.4 Å². The van der Waals surface area contributed by atoms with Crippen LogP contribution in [0.25, 0.3) is 0 Å². The number of rotatable bonds is 6. The average molecular weight is 408 g/mol. The van der Waals surface area contributed by atoms with Gasteiger partial charge < -0.3 is 29.7 Å². The largest absolute Gasteiger partial charge is 0.714 e. The maximum Gasteiger partial charge on any atom is 0.284 e. The van der Waals surface area contributed by atoms with Gasteiger partial charge in [0.05, 0.1) is 6.61 Å². The Bertz CT molecular complexity index is 710. The van der Waals surface area contributed by atoms with Crippen molar-refractivity contribution in [3.8, 4) is 0 Å². The minimum absolute atomic E-state index is 0.0278. The molecule has 5 atom stereocenters. The molecule has 5 unspecified atom stereocenters. The third-order valence-electron chi connectivity index (χ3n) is 3.53. The van der Waals surface area contributed by atoms with Crippen molar-refractivity contribution < 1.29 is 42.4 Å². The van der Waals surface area contributed by atoms with Crippen LogP contribution in [0.15, 0.2) is 35.5 Å². The molecule has 4 N–H and O–H groups in total. The van der Waals surface area contributed by atoms with E-state index >= 15 is 0 Å². The molecule has 0 aromatic heterocycles. The number of benzene rings is 1. The predicted octanol–water partition coefficient (Wildman–Crippen LogP) is -1.45. The Morgan fingerprint density at radius 1 is 1.19 bits per heavy atom. The molecule has 1 saturated heterocycles. The maximum absolute atomic E-state index is 10.7. The third-order valence-corrected chi connectivity index (χ3v) is 4.90. The third kappa shape index (κ3) is 5.89. The van der Waals surface area contributed by atoms with Crippen LogP contribution < -0.4 is 0 Å². The quantitative estimate of drug-likeness (QED) is 0.144. The van der Waals surface area contributed by atoms with Gasteiger partial charge in [-0.25, -0.2) is 0 Å². The molecular weight excluding hydrogens is 390 g/mol. The maximum atomic E-state index is 10.7. The molecule has 1 aliphatic heterocycles. The number of aliphatic hydroxyl groups is 4. The number of ether oxygens (including phenoxy) is 1. The van der Waals surface area contributed by atoms with Gasteiger partial charge in [0.15, 0.2) is 0 Å². The van der Waals surface area contributed by atoms with Crippen LogP contribution in [-0.2, 0) is 25.8 Å². The summed E-state index contributed by atoms with van der Waals surface area (Å²) in [5.41, 5.74) is -0.485. The fourth-order valence-corrected chi connectivity index (χ4v) is 3.58. The van der Waals surface area contributed by atoms with Crippen molar-refractivity contribution in [2.75, 3.05) is 6.61 Å². The number of hydrogen-bond acceptors (Lipinski definition) is 11. The van der Waals surface area contributed by atoms with Gasteiger partial charge in [0.1, 0.15) is 34.9 Å². The topological polar surface area (TPSA) is 169 Å². The number of nitrogens with zero attached hydrogens (tertiary/aromatic N) is 1. The zero-order valence-corrected chi connectivity index (χ0v) is 14.9. The Balaban J connectivity index is 2.19. The van der Waals surface area contributed by atoms with Crippen LogP contribution in [-0.4, -0.2) is 74.9 Å². The molecule has 0 aliphatic carbocycles. The molecule has 1 aromatic rings. The first-order valence-corrected chi connectivity index (χ1v) is 9.65. The van der Waals surface area contributed by atoms with Crippen molar-refractivity contribution in [1.29, 1.82) is 0 Å². The Hall–Kier alpha value is -1.25. The summed E-state index contributed by atoms with van der Waals surface area (Å²) in [5, 5.41) is 42.1. The highest BCUT2D eigenvalue weighted by Gasteiger charge is 2.44. The van der Waals surface area contributed by atoms with E-state index in [0.717, 1.165) is 0 Å². The highest BCUT2D eigenvalue weighted by molar-refractivity contribution is 8.14. The van der Waals surface area contributed by atoms with E-state index in [0.29, 0.717) is 17.3 Å². The summed E-state index contributed by atoms with van der Waals surface area (Å²) in [5.74, 6) is 0. The molecule has 146 valence electrons. The molecule has 26 heavy (non-hydrogen) atoms. The minimum atomic E-state index is -5.08. The van der Waals surface area contributed by atoms with Crippen molar-refractivity contribution >= 4 is 27.2 Å². The Labute approximate surface area is 154 Å². The lowest BCUT2D eigenvalue weighted by Crippen LogP contribution is -2.57. The zero-order valence-electron chi connectivity index (χ0n) is 13.3. The van der Waals surface area contributed by atoms with Crippen LogP contribution in [0.3, 0.4) is 0 Å². The van der Waals surface area contributed by atoms with E-state index in [1.54, 1.807) is 30.3 Å². The van der Waals surface area contributed by atoms with E-state index < -0.39 is 46.9 Å². The second-order valence-corrected chi connectivity index (χ2v) is 7.58. The zero-order chi connectivity index (χ0) is 19.3. The molecular formula is C14H18NO9S2-. The first kappa shape index (κ1) is 21.1. The van der Waals surface area contributed by atoms with E-state index in [-0.39, 0.29) is 11.5 Å². The Morgan fingerprint density at radius 3 is 2.42 bits per heavy atom. The molecule has 2 rings (SSSR count). The van der Waals surface area contributed by atoms with Crippen LogP contribution in [0, 0.1) is 0 Å². The first-order valence-electron chi connectivity index (χ1n) is 7.43. The second-order valence-electron chi connectivity index (χ2n) is 5.45. The molecule has 0 bridgehead atoms. The SMILES string of the molecule is O=S(=O)([O-])ON=C(Cc1ccccc1)SC1OC(CO)C(O)C(O)C1O. The van der Waals surface area contributed by atoms with Gasteiger partial charge in [0, 0.05) is 6.42 Å². The summed E-state index contributed by atoms with van der Waals surface area (Å²) >= 11 is 0.701. The lowest BCUT2D eigenvalue weighted by atomic mass is 10.0. The summed E-state index contributed by atoms with van der Waals surface area (Å²) < 4.78 is 41.2. The van der Waals surface area contributed by atoms with Crippen molar-refractivity contribution in [3.63, 3.8) is 0 Å². The molecule has 0 amide bonds. The van der Waals surface area contributed by atoms with Crippen LogP contribution in [0.5, 0.6) is 0 Å². The average Bonchev–Trinajstić information content (AvgIpc) is 2.60. The van der Waals surface area contributed by atoms with Gasteiger partial charge >= 0.3 is 0 Å². The van der Waals surface area contributed by atoms with Crippen LogP contribution in [0.1, 0.15) is 5.56 Å². The van der Waals surface area contributed by atoms with Crippen molar-refractivity contribution in [2.45, 2.75) is 36.3 Å². The summed E-state index contributed by atoms with van der Waals surface area (Å²) in [6.07, 6.45) is -5.76. The first-order chi connectivity index (χ1) is 12.2. The van der Waals surface area contributed by atoms with E-state index in [2.05, 4.69) is 9.44 Å². The molecule has 1 aliphatic rings. The summed E-state index contributed by atoms with van der Waals surface area (Å²) in [6.45, 7) is -0.612. The summed E-state index contributed by atoms with van der Waals surface area (Å²) in [7, 11) is -5.08. The normalized spacial score (nSPS) is 30.2. The van der Waals surface area contributed by atoms with E-state index in [9.17, 15) is 33.4 Å². The van der Waals surface area contributed by atoms with Gasteiger partial charge in [0.2, 0.25) is 0 Å². The van der Waals surface area contributed by atoms with Gasteiger partial charge in [-0.3, -0.25) is 4.28 Å². The lowest BCUT2D eigenvalue weighted by molar-refractivity contribution is -0.205. The van der Waals surface area contributed by atoms with Crippen LogP contribution in [0.4, 0.5) is 0 Å². The fraction of sp³-hybridized carbons (Fsp3) is 0.500. The molecule has 10 nitrogen and oxygen atoms in total. The summed E-state index contributed by atoms with van der Waals surface area (Å²) in [4.78, 5) is 0. The van der Waals surface area contributed by atoms with Gasteiger partial charge in [-0.2, -0.15) is 8.42 Å². The fourth-order valence-electron chi connectivity index (χ4n) is 2.25. The van der Waals surface area contributed by atoms with Gasteiger partial charge in [-0.1, -0.05) is 47.2 Å².